The maximum Gasteiger partial charge on any atom is 0.390 e. The van der Waals surface area contributed by atoms with Crippen LogP contribution in [0.15, 0.2) is 0 Å². The summed E-state index contributed by atoms with van der Waals surface area (Å²) in [6.45, 7) is -1.10. The highest BCUT2D eigenvalue weighted by Crippen LogP contribution is 2.17. The summed E-state index contributed by atoms with van der Waals surface area (Å²) in [4.78, 5) is 21.5. The number of urea groups is 1. The first-order chi connectivity index (χ1) is 7.76. The molecule has 2 amide bonds. The predicted molar refractivity (Wildman–Crippen MR) is 50.3 cm³/mol. The van der Waals surface area contributed by atoms with Gasteiger partial charge in [-0.1, -0.05) is 0 Å². The lowest BCUT2D eigenvalue weighted by molar-refractivity contribution is -0.139. The molecule has 100 valence electrons. The number of halogens is 3. The molecule has 0 bridgehead atoms. The molecule has 0 fully saturated rings. The van der Waals surface area contributed by atoms with Crippen LogP contribution in [0.4, 0.5) is 18.0 Å². The number of hydrogen-bond donors (Lipinski definition) is 4. The number of carboxylic acids is 1. The molecule has 0 aliphatic heterocycles. The van der Waals surface area contributed by atoms with E-state index < -0.39 is 43.8 Å². The highest BCUT2D eigenvalue weighted by atomic mass is 19.4. The fourth-order valence-corrected chi connectivity index (χ4v) is 0.914. The molecule has 1 unspecified atom stereocenters. The van der Waals surface area contributed by atoms with Gasteiger partial charge >= 0.3 is 18.2 Å². The van der Waals surface area contributed by atoms with E-state index in [9.17, 15) is 22.8 Å². The first kappa shape index (κ1) is 15.5. The van der Waals surface area contributed by atoms with Crippen molar-refractivity contribution >= 4 is 12.0 Å². The maximum absolute atomic E-state index is 11.7. The van der Waals surface area contributed by atoms with Gasteiger partial charge in [0.05, 0.1) is 6.42 Å². The molecule has 1 atom stereocenters. The Labute approximate surface area is 94.8 Å². The van der Waals surface area contributed by atoms with Crippen LogP contribution >= 0.6 is 0 Å². The van der Waals surface area contributed by atoms with Crippen LogP contribution in [0.2, 0.25) is 0 Å². The Bertz CT molecular complexity index is 270. The summed E-state index contributed by atoms with van der Waals surface area (Å²) >= 11 is 0. The Morgan fingerprint density at radius 2 is 1.88 bits per heavy atom. The molecule has 0 rings (SSSR count). The summed E-state index contributed by atoms with van der Waals surface area (Å²) in [5.41, 5.74) is 0. The normalized spacial score (nSPS) is 12.9. The van der Waals surface area contributed by atoms with Crippen LogP contribution in [-0.2, 0) is 4.79 Å². The number of hydrogen-bond acceptors (Lipinski definition) is 3. The second-order valence-electron chi connectivity index (χ2n) is 3.17. The number of carbonyl (C=O) groups is 2. The van der Waals surface area contributed by atoms with E-state index >= 15 is 0 Å². The van der Waals surface area contributed by atoms with Gasteiger partial charge in [-0.2, -0.15) is 13.2 Å². The van der Waals surface area contributed by atoms with E-state index in [1.165, 1.54) is 0 Å². The van der Waals surface area contributed by atoms with E-state index in [2.05, 4.69) is 0 Å². The van der Waals surface area contributed by atoms with Gasteiger partial charge in [-0.15, -0.1) is 0 Å². The lowest BCUT2D eigenvalue weighted by atomic mass is 10.2. The molecule has 17 heavy (non-hydrogen) atoms. The van der Waals surface area contributed by atoms with Crippen LogP contribution in [0.25, 0.3) is 0 Å². The summed E-state index contributed by atoms with van der Waals surface area (Å²) in [5, 5.41) is 20.9. The van der Waals surface area contributed by atoms with Gasteiger partial charge in [0.15, 0.2) is 0 Å². The van der Waals surface area contributed by atoms with Crippen molar-refractivity contribution in [3.05, 3.63) is 0 Å². The van der Waals surface area contributed by atoms with Gasteiger partial charge < -0.3 is 20.8 Å². The Kier molecular flexibility index (Phi) is 6.33. The van der Waals surface area contributed by atoms with Crippen LogP contribution in [0.3, 0.4) is 0 Å². The molecule has 0 spiro atoms. The zero-order chi connectivity index (χ0) is 13.5. The third-order valence-electron chi connectivity index (χ3n) is 1.72. The van der Waals surface area contributed by atoms with E-state index in [-0.39, 0.29) is 6.42 Å². The Morgan fingerprint density at radius 1 is 1.29 bits per heavy atom. The van der Waals surface area contributed by atoms with E-state index in [0.717, 1.165) is 0 Å². The lowest BCUT2D eigenvalue weighted by Gasteiger charge is -2.14. The molecule has 0 saturated heterocycles. The van der Waals surface area contributed by atoms with Crippen molar-refractivity contribution < 1.29 is 33.0 Å². The van der Waals surface area contributed by atoms with E-state index in [4.69, 9.17) is 10.2 Å². The fourth-order valence-electron chi connectivity index (χ4n) is 0.914. The number of nitrogens with one attached hydrogen (secondary N) is 2. The summed E-state index contributed by atoms with van der Waals surface area (Å²) in [5.74, 6) is -1.37. The van der Waals surface area contributed by atoms with Gasteiger partial charge in [-0.3, -0.25) is 0 Å². The minimum Gasteiger partial charge on any atom is -0.480 e. The van der Waals surface area contributed by atoms with Gasteiger partial charge in [-0.25, -0.2) is 9.59 Å². The Hall–Kier alpha value is -1.51. The molecule has 0 aliphatic carbocycles. The molecule has 0 radical (unpaired) electrons. The monoisotopic (exact) mass is 258 g/mol. The molecule has 0 heterocycles. The smallest absolute Gasteiger partial charge is 0.390 e. The molecule has 0 saturated carbocycles. The SMILES string of the molecule is O=C(NCCC(F)(F)F)NC(CCO)C(=O)O. The van der Waals surface area contributed by atoms with Crippen LogP contribution in [0.5, 0.6) is 0 Å². The second kappa shape index (κ2) is 6.94. The van der Waals surface area contributed by atoms with Crippen molar-refractivity contribution in [2.75, 3.05) is 13.2 Å². The molecule has 4 N–H and O–H groups in total. The Morgan fingerprint density at radius 3 is 2.29 bits per heavy atom. The molecule has 9 heteroatoms. The van der Waals surface area contributed by atoms with Gasteiger partial charge in [0.25, 0.3) is 0 Å². The van der Waals surface area contributed by atoms with Crippen molar-refractivity contribution in [1.82, 2.24) is 10.6 Å². The maximum atomic E-state index is 11.7. The second-order valence-corrected chi connectivity index (χ2v) is 3.17. The molecule has 0 aliphatic rings. The van der Waals surface area contributed by atoms with Gasteiger partial charge in [0.1, 0.15) is 6.04 Å². The number of amides is 2. The number of rotatable bonds is 6. The summed E-state index contributed by atoms with van der Waals surface area (Å²) in [6.07, 6.45) is -5.80. The molecule has 0 aromatic heterocycles. The zero-order valence-electron chi connectivity index (χ0n) is 8.75. The zero-order valence-corrected chi connectivity index (χ0v) is 8.75. The van der Waals surface area contributed by atoms with Crippen LogP contribution in [-0.4, -0.2) is 47.6 Å². The minimum atomic E-state index is -4.38. The number of alkyl halides is 3. The third-order valence-corrected chi connectivity index (χ3v) is 1.72. The summed E-state index contributed by atoms with van der Waals surface area (Å²) in [6, 6.07) is -2.35. The van der Waals surface area contributed by atoms with E-state index in [0.29, 0.717) is 0 Å². The first-order valence-corrected chi connectivity index (χ1v) is 4.71. The number of aliphatic hydroxyl groups excluding tert-OH is 1. The molecular weight excluding hydrogens is 245 g/mol. The number of carbonyl (C=O) groups excluding carboxylic acids is 1. The van der Waals surface area contributed by atoms with Crippen molar-refractivity contribution in [3.63, 3.8) is 0 Å². The van der Waals surface area contributed by atoms with Crippen molar-refractivity contribution in [2.45, 2.75) is 25.1 Å². The van der Waals surface area contributed by atoms with Crippen molar-refractivity contribution in [2.24, 2.45) is 0 Å². The average Bonchev–Trinajstić information content (AvgIpc) is 2.14. The number of aliphatic hydroxyl groups is 1. The molecule has 0 aromatic rings. The topological polar surface area (TPSA) is 98.7 Å². The van der Waals surface area contributed by atoms with Crippen LogP contribution in [0, 0.1) is 0 Å². The third kappa shape index (κ3) is 8.31. The Balaban J connectivity index is 3.95. The van der Waals surface area contributed by atoms with Crippen molar-refractivity contribution in [3.8, 4) is 0 Å². The van der Waals surface area contributed by atoms with E-state index in [1.54, 1.807) is 0 Å². The van der Waals surface area contributed by atoms with Gasteiger partial charge in [0.2, 0.25) is 0 Å². The quantitative estimate of drug-likeness (QED) is 0.542. The fraction of sp³-hybridized carbons (Fsp3) is 0.750. The van der Waals surface area contributed by atoms with Crippen LogP contribution < -0.4 is 10.6 Å². The summed E-state index contributed by atoms with van der Waals surface area (Å²) < 4.78 is 35.2. The molecule has 6 nitrogen and oxygen atoms in total. The van der Waals surface area contributed by atoms with Crippen molar-refractivity contribution in [1.29, 1.82) is 0 Å². The predicted octanol–water partition coefficient (Wildman–Crippen LogP) is 0.0736. The highest BCUT2D eigenvalue weighted by Gasteiger charge is 2.27. The molecule has 0 aromatic carbocycles. The summed E-state index contributed by atoms with van der Waals surface area (Å²) in [7, 11) is 0. The number of carboxylic acid groups (broad SMARTS) is 1. The highest BCUT2D eigenvalue weighted by molar-refractivity contribution is 5.82. The minimum absolute atomic E-state index is 0.220. The lowest BCUT2D eigenvalue weighted by Crippen LogP contribution is -2.47. The average molecular weight is 258 g/mol. The van der Waals surface area contributed by atoms with E-state index in [1.807, 2.05) is 10.6 Å². The first-order valence-electron chi connectivity index (χ1n) is 4.71. The number of aliphatic carboxylic acids is 1. The molecular formula is C8H13F3N2O4. The standard InChI is InChI=1S/C8H13F3N2O4/c9-8(10,11)2-3-12-7(17)13-5(1-4-14)6(15)16/h5,14H,1-4H2,(H,15,16)(H2,12,13,17). The largest absolute Gasteiger partial charge is 0.480 e. The van der Waals surface area contributed by atoms with Gasteiger partial charge in [-0.05, 0) is 0 Å². The van der Waals surface area contributed by atoms with Crippen LogP contribution in [0.1, 0.15) is 12.8 Å². The van der Waals surface area contributed by atoms with Gasteiger partial charge in [0, 0.05) is 19.6 Å².